The summed E-state index contributed by atoms with van der Waals surface area (Å²) < 4.78 is 16.6. The molecule has 0 aliphatic carbocycles. The highest BCUT2D eigenvalue weighted by molar-refractivity contribution is 7.11. The molecule has 0 radical (unpaired) electrons. The number of hydrogen-bond donors (Lipinski definition) is 1. The molecule has 1 aromatic carbocycles. The van der Waals surface area contributed by atoms with Crippen molar-refractivity contribution in [3.8, 4) is 16.7 Å². The van der Waals surface area contributed by atoms with Gasteiger partial charge in [-0.15, -0.1) is 0 Å². The third-order valence-corrected chi connectivity index (χ3v) is 6.73. The molecule has 3 heterocycles. The van der Waals surface area contributed by atoms with Crippen LogP contribution in [0.2, 0.25) is 0 Å². The Kier molecular flexibility index (Phi) is 7.14. The number of ether oxygens (including phenoxy) is 3. The van der Waals surface area contributed by atoms with E-state index in [1.165, 1.54) is 0 Å². The molecule has 2 aliphatic heterocycles. The molecule has 0 spiro atoms. The standard InChI is InChI=1S/C22H30N4O4S/c1-28-18-3-4-19(20(15-18)29-2)24-21(27)26-10-5-16(6-11-26)25-12-7-17(8-13-25)30-22-23-9-14-31-22/h3-4,9,14-17H,5-8,10-13H2,1-2H3,(H,24,27). The molecule has 2 amide bonds. The maximum atomic E-state index is 12.8. The van der Waals surface area contributed by atoms with Crippen molar-refractivity contribution in [1.29, 1.82) is 0 Å². The second-order valence-corrected chi connectivity index (χ2v) is 8.72. The van der Waals surface area contributed by atoms with E-state index in [0.717, 1.165) is 57.1 Å². The molecular weight excluding hydrogens is 416 g/mol. The predicted octanol–water partition coefficient (Wildman–Crippen LogP) is 3.70. The van der Waals surface area contributed by atoms with Crippen LogP contribution in [-0.4, -0.2) is 73.4 Å². The van der Waals surface area contributed by atoms with Crippen LogP contribution in [-0.2, 0) is 0 Å². The zero-order valence-corrected chi connectivity index (χ0v) is 18.9. The van der Waals surface area contributed by atoms with Gasteiger partial charge in [0.25, 0.3) is 5.19 Å². The van der Waals surface area contributed by atoms with Gasteiger partial charge in [-0.2, -0.15) is 0 Å². The number of rotatable bonds is 6. The van der Waals surface area contributed by atoms with Crippen molar-refractivity contribution in [2.45, 2.75) is 37.8 Å². The van der Waals surface area contributed by atoms with Gasteiger partial charge in [-0.25, -0.2) is 9.78 Å². The number of hydrogen-bond acceptors (Lipinski definition) is 7. The number of aromatic nitrogens is 1. The van der Waals surface area contributed by atoms with Gasteiger partial charge >= 0.3 is 6.03 Å². The van der Waals surface area contributed by atoms with E-state index < -0.39 is 0 Å². The van der Waals surface area contributed by atoms with Crippen LogP contribution >= 0.6 is 11.3 Å². The Bertz CT molecular complexity index is 847. The number of likely N-dealkylation sites (tertiary alicyclic amines) is 2. The minimum atomic E-state index is -0.0857. The number of carbonyl (C=O) groups is 1. The first-order chi connectivity index (χ1) is 15.2. The van der Waals surface area contributed by atoms with Crippen LogP contribution < -0.4 is 19.5 Å². The normalized spacial score (nSPS) is 18.6. The van der Waals surface area contributed by atoms with Crippen molar-refractivity contribution in [2.24, 2.45) is 0 Å². The van der Waals surface area contributed by atoms with Crippen molar-refractivity contribution in [3.63, 3.8) is 0 Å². The lowest BCUT2D eigenvalue weighted by Crippen LogP contribution is -2.50. The summed E-state index contributed by atoms with van der Waals surface area (Å²) in [5.41, 5.74) is 0.651. The molecule has 2 aromatic rings. The van der Waals surface area contributed by atoms with Gasteiger partial charge in [-0.3, -0.25) is 4.90 Å². The average molecular weight is 447 g/mol. The number of nitrogens with zero attached hydrogens (tertiary/aromatic N) is 3. The summed E-state index contributed by atoms with van der Waals surface area (Å²) in [6.07, 6.45) is 6.07. The quantitative estimate of drug-likeness (QED) is 0.729. The molecule has 1 aromatic heterocycles. The second-order valence-electron chi connectivity index (χ2n) is 7.87. The Morgan fingerprint density at radius 1 is 1.10 bits per heavy atom. The highest BCUT2D eigenvalue weighted by Gasteiger charge is 2.30. The molecule has 0 atom stereocenters. The van der Waals surface area contributed by atoms with E-state index in [4.69, 9.17) is 14.2 Å². The number of thiazole rings is 1. The van der Waals surface area contributed by atoms with Crippen molar-refractivity contribution in [3.05, 3.63) is 29.8 Å². The molecule has 0 saturated carbocycles. The largest absolute Gasteiger partial charge is 0.497 e. The van der Waals surface area contributed by atoms with Gasteiger partial charge in [0, 0.05) is 49.9 Å². The molecule has 8 nitrogen and oxygen atoms in total. The van der Waals surface area contributed by atoms with Gasteiger partial charge in [0.15, 0.2) is 0 Å². The summed E-state index contributed by atoms with van der Waals surface area (Å²) in [7, 11) is 3.19. The second kappa shape index (κ2) is 10.2. The Morgan fingerprint density at radius 3 is 2.52 bits per heavy atom. The van der Waals surface area contributed by atoms with Crippen LogP contribution in [0.15, 0.2) is 29.8 Å². The topological polar surface area (TPSA) is 76.2 Å². The number of anilines is 1. The lowest BCUT2D eigenvalue weighted by molar-refractivity contribution is 0.0544. The molecule has 2 aliphatic rings. The Hall–Kier alpha value is -2.52. The van der Waals surface area contributed by atoms with E-state index in [1.54, 1.807) is 43.9 Å². The fraction of sp³-hybridized carbons (Fsp3) is 0.545. The summed E-state index contributed by atoms with van der Waals surface area (Å²) in [5, 5.41) is 5.69. The van der Waals surface area contributed by atoms with Gasteiger partial charge in [-0.1, -0.05) is 11.3 Å². The van der Waals surface area contributed by atoms with Crippen LogP contribution in [0.3, 0.4) is 0 Å². The van der Waals surface area contributed by atoms with Crippen molar-refractivity contribution >= 4 is 23.1 Å². The molecule has 2 saturated heterocycles. The third-order valence-electron chi connectivity index (χ3n) is 6.07. The van der Waals surface area contributed by atoms with E-state index in [9.17, 15) is 4.79 Å². The number of piperidine rings is 2. The minimum absolute atomic E-state index is 0.0857. The highest BCUT2D eigenvalue weighted by Crippen LogP contribution is 2.30. The molecule has 0 unspecified atom stereocenters. The first kappa shape index (κ1) is 21.7. The van der Waals surface area contributed by atoms with E-state index in [0.29, 0.717) is 23.2 Å². The van der Waals surface area contributed by atoms with Gasteiger partial charge in [-0.05, 0) is 37.8 Å². The molecule has 168 valence electrons. The summed E-state index contributed by atoms with van der Waals surface area (Å²) in [6.45, 7) is 3.58. The van der Waals surface area contributed by atoms with Crippen LogP contribution in [0.5, 0.6) is 16.7 Å². The average Bonchev–Trinajstić information content (AvgIpc) is 3.33. The maximum Gasteiger partial charge on any atom is 0.321 e. The van der Waals surface area contributed by atoms with E-state index in [1.807, 2.05) is 16.3 Å². The SMILES string of the molecule is COc1ccc(NC(=O)N2CCC(N3CCC(Oc4nccs4)CC3)CC2)c(OC)c1. The lowest BCUT2D eigenvalue weighted by Gasteiger charge is -2.41. The molecular formula is C22H30N4O4S. The summed E-state index contributed by atoms with van der Waals surface area (Å²) in [6, 6.07) is 5.83. The predicted molar refractivity (Wildman–Crippen MR) is 120 cm³/mol. The summed E-state index contributed by atoms with van der Waals surface area (Å²) in [5.74, 6) is 1.28. The zero-order chi connectivity index (χ0) is 21.6. The number of amides is 2. The molecule has 4 rings (SSSR count). The molecule has 2 fully saturated rings. The molecule has 9 heteroatoms. The lowest BCUT2D eigenvalue weighted by atomic mass is 9.99. The van der Waals surface area contributed by atoms with Crippen LogP contribution in [0.4, 0.5) is 10.5 Å². The number of nitrogens with one attached hydrogen (secondary N) is 1. The van der Waals surface area contributed by atoms with Crippen molar-refractivity contribution in [1.82, 2.24) is 14.8 Å². The maximum absolute atomic E-state index is 12.8. The van der Waals surface area contributed by atoms with Crippen LogP contribution in [0.25, 0.3) is 0 Å². The number of carbonyl (C=O) groups excluding carboxylic acids is 1. The first-order valence-electron chi connectivity index (χ1n) is 10.7. The monoisotopic (exact) mass is 446 g/mol. The van der Waals surface area contributed by atoms with E-state index in [-0.39, 0.29) is 12.1 Å². The van der Waals surface area contributed by atoms with Crippen molar-refractivity contribution in [2.75, 3.05) is 45.7 Å². The summed E-state index contributed by atoms with van der Waals surface area (Å²) >= 11 is 1.55. The number of urea groups is 1. The smallest absolute Gasteiger partial charge is 0.321 e. The molecule has 31 heavy (non-hydrogen) atoms. The number of methoxy groups -OCH3 is 2. The minimum Gasteiger partial charge on any atom is -0.497 e. The highest BCUT2D eigenvalue weighted by atomic mass is 32.1. The fourth-order valence-electron chi connectivity index (χ4n) is 4.30. The zero-order valence-electron chi connectivity index (χ0n) is 18.1. The Labute approximate surface area is 187 Å². The van der Waals surface area contributed by atoms with Crippen molar-refractivity contribution < 1.29 is 19.0 Å². The third kappa shape index (κ3) is 5.40. The van der Waals surface area contributed by atoms with Gasteiger partial charge < -0.3 is 24.4 Å². The van der Waals surface area contributed by atoms with Crippen LogP contribution in [0.1, 0.15) is 25.7 Å². The van der Waals surface area contributed by atoms with Gasteiger partial charge in [0.1, 0.15) is 17.6 Å². The van der Waals surface area contributed by atoms with E-state index >= 15 is 0 Å². The van der Waals surface area contributed by atoms with Crippen LogP contribution in [0, 0.1) is 0 Å². The van der Waals surface area contributed by atoms with Gasteiger partial charge in [0.05, 0.1) is 19.9 Å². The fourth-order valence-corrected chi connectivity index (χ4v) is 4.85. The molecule has 1 N–H and O–H groups in total. The summed E-state index contributed by atoms with van der Waals surface area (Å²) in [4.78, 5) is 21.4. The Balaban J connectivity index is 1.23. The first-order valence-corrected chi connectivity index (χ1v) is 11.6. The molecule has 0 bridgehead atoms. The van der Waals surface area contributed by atoms with Gasteiger partial charge in [0.2, 0.25) is 0 Å². The van der Waals surface area contributed by atoms with E-state index in [2.05, 4.69) is 15.2 Å². The Morgan fingerprint density at radius 2 is 1.87 bits per heavy atom. The number of benzene rings is 1.